The number of nitrogens with zero attached hydrogens (tertiary/aromatic N) is 4. The van der Waals surface area contributed by atoms with Crippen LogP contribution >= 0.6 is 11.3 Å². The second-order valence-electron chi connectivity index (χ2n) is 8.43. The summed E-state index contributed by atoms with van der Waals surface area (Å²) in [6.45, 7) is 2.42. The standard InChI is InChI=1S/C24H28N4O3S2/c1-31-17-21-25-23(22-19-9-5-6-10-20(19)32-24(22)26-21)27-12-14-28(15-13-27)33(29,30)16-11-18-7-3-2-4-8-18/h2-4,7-8,11,16H,5-6,9-10,12-15,17H2,1H3/b16-11+. The van der Waals surface area contributed by atoms with Crippen molar-refractivity contribution in [2.45, 2.75) is 32.3 Å². The number of thiophene rings is 1. The molecule has 5 rings (SSSR count). The molecule has 0 saturated carbocycles. The third-order valence-electron chi connectivity index (χ3n) is 6.25. The number of anilines is 1. The number of benzene rings is 1. The van der Waals surface area contributed by atoms with E-state index >= 15 is 0 Å². The molecule has 1 aromatic carbocycles. The average molecular weight is 485 g/mol. The number of fused-ring (bicyclic) bond motifs is 3. The van der Waals surface area contributed by atoms with Gasteiger partial charge in [-0.2, -0.15) is 4.31 Å². The SMILES string of the molecule is COCc1nc(N2CCN(S(=O)(=O)/C=C/c3ccccc3)CC2)c2c3c(sc2n1)CCCC3. The molecule has 1 aliphatic heterocycles. The van der Waals surface area contributed by atoms with E-state index in [0.717, 1.165) is 34.4 Å². The lowest BCUT2D eigenvalue weighted by atomic mass is 9.97. The lowest BCUT2D eigenvalue weighted by Crippen LogP contribution is -2.48. The Bertz CT molecular complexity index is 1260. The fourth-order valence-electron chi connectivity index (χ4n) is 4.57. The zero-order valence-corrected chi connectivity index (χ0v) is 20.4. The predicted octanol–water partition coefficient (Wildman–Crippen LogP) is 3.84. The lowest BCUT2D eigenvalue weighted by molar-refractivity contribution is 0.178. The van der Waals surface area contributed by atoms with Crippen molar-refractivity contribution < 1.29 is 13.2 Å². The molecular formula is C24H28N4O3S2. The number of piperazine rings is 1. The number of hydrogen-bond donors (Lipinski definition) is 0. The summed E-state index contributed by atoms with van der Waals surface area (Å²) in [5.74, 6) is 1.61. The number of aryl methyl sites for hydroxylation is 2. The Morgan fingerprint density at radius 3 is 2.58 bits per heavy atom. The van der Waals surface area contributed by atoms with Crippen molar-refractivity contribution in [1.82, 2.24) is 14.3 Å². The second kappa shape index (κ2) is 9.50. The van der Waals surface area contributed by atoms with Gasteiger partial charge < -0.3 is 9.64 Å². The Balaban J connectivity index is 1.39. The van der Waals surface area contributed by atoms with Gasteiger partial charge in [-0.1, -0.05) is 30.3 Å². The van der Waals surface area contributed by atoms with Gasteiger partial charge >= 0.3 is 0 Å². The van der Waals surface area contributed by atoms with E-state index in [0.29, 0.717) is 38.6 Å². The summed E-state index contributed by atoms with van der Waals surface area (Å²) in [5.41, 5.74) is 2.26. The van der Waals surface area contributed by atoms with Crippen LogP contribution in [0.25, 0.3) is 16.3 Å². The first-order chi connectivity index (χ1) is 16.0. The van der Waals surface area contributed by atoms with Gasteiger partial charge in [0.1, 0.15) is 17.3 Å². The molecule has 0 amide bonds. The third kappa shape index (κ3) is 4.68. The van der Waals surface area contributed by atoms with Gasteiger partial charge in [0.15, 0.2) is 5.82 Å². The highest BCUT2D eigenvalue weighted by molar-refractivity contribution is 7.92. The molecule has 3 heterocycles. The predicted molar refractivity (Wildman–Crippen MR) is 133 cm³/mol. The molecule has 0 atom stereocenters. The van der Waals surface area contributed by atoms with E-state index in [9.17, 15) is 8.42 Å². The molecule has 3 aromatic rings. The molecule has 2 aromatic heterocycles. The van der Waals surface area contributed by atoms with E-state index in [1.807, 2.05) is 30.3 Å². The smallest absolute Gasteiger partial charge is 0.236 e. The Morgan fingerprint density at radius 1 is 1.06 bits per heavy atom. The fourth-order valence-corrected chi connectivity index (χ4v) is 7.02. The average Bonchev–Trinajstić information content (AvgIpc) is 3.22. The number of methoxy groups -OCH3 is 1. The van der Waals surface area contributed by atoms with Gasteiger partial charge in [-0.25, -0.2) is 18.4 Å². The maximum absolute atomic E-state index is 12.9. The zero-order chi connectivity index (χ0) is 22.8. The van der Waals surface area contributed by atoms with Gasteiger partial charge in [-0.05, 0) is 42.9 Å². The number of aromatic nitrogens is 2. The largest absolute Gasteiger partial charge is 0.377 e. The molecule has 1 saturated heterocycles. The quantitative estimate of drug-likeness (QED) is 0.529. The molecule has 7 nitrogen and oxygen atoms in total. The van der Waals surface area contributed by atoms with Gasteiger partial charge in [-0.3, -0.25) is 0 Å². The number of rotatable bonds is 6. The van der Waals surface area contributed by atoms with E-state index in [1.165, 1.54) is 28.7 Å². The Kier molecular flexibility index (Phi) is 6.47. The van der Waals surface area contributed by atoms with Crippen LogP contribution in [0, 0.1) is 0 Å². The first-order valence-corrected chi connectivity index (χ1v) is 13.7. The molecule has 9 heteroatoms. The fraction of sp³-hybridized carbons (Fsp3) is 0.417. The normalized spacial score (nSPS) is 17.7. The summed E-state index contributed by atoms with van der Waals surface area (Å²) in [6.07, 6.45) is 6.24. The first-order valence-electron chi connectivity index (χ1n) is 11.3. The van der Waals surface area contributed by atoms with Gasteiger partial charge in [0, 0.05) is 43.6 Å². The third-order valence-corrected chi connectivity index (χ3v) is 9.00. The molecular weight excluding hydrogens is 456 g/mol. The summed E-state index contributed by atoms with van der Waals surface area (Å²) in [4.78, 5) is 14.3. The minimum atomic E-state index is -3.47. The maximum atomic E-state index is 12.9. The minimum absolute atomic E-state index is 0.365. The second-order valence-corrected chi connectivity index (χ2v) is 11.3. The monoisotopic (exact) mass is 484 g/mol. The maximum Gasteiger partial charge on any atom is 0.236 e. The highest BCUT2D eigenvalue weighted by atomic mass is 32.2. The lowest BCUT2D eigenvalue weighted by Gasteiger charge is -2.34. The van der Waals surface area contributed by atoms with Gasteiger partial charge in [0.05, 0.1) is 5.39 Å². The molecule has 1 aliphatic carbocycles. The molecule has 0 N–H and O–H groups in total. The summed E-state index contributed by atoms with van der Waals surface area (Å²) >= 11 is 1.78. The topological polar surface area (TPSA) is 75.6 Å². The highest BCUT2D eigenvalue weighted by Crippen LogP contribution is 2.40. The number of sulfonamides is 1. The molecule has 2 aliphatic rings. The molecule has 174 valence electrons. The van der Waals surface area contributed by atoms with Crippen molar-refractivity contribution in [3.8, 4) is 0 Å². The van der Waals surface area contributed by atoms with Gasteiger partial charge in [0.2, 0.25) is 10.0 Å². The Labute approximate surface area is 198 Å². The van der Waals surface area contributed by atoms with Crippen molar-refractivity contribution in [1.29, 1.82) is 0 Å². The zero-order valence-electron chi connectivity index (χ0n) is 18.7. The van der Waals surface area contributed by atoms with Crippen LogP contribution in [0.15, 0.2) is 35.7 Å². The molecule has 0 unspecified atom stereocenters. The van der Waals surface area contributed by atoms with Crippen LogP contribution in [-0.2, 0) is 34.2 Å². The van der Waals surface area contributed by atoms with Crippen LogP contribution in [0.4, 0.5) is 5.82 Å². The molecule has 1 fully saturated rings. The van der Waals surface area contributed by atoms with Crippen LogP contribution in [-0.4, -0.2) is 56.0 Å². The van der Waals surface area contributed by atoms with Crippen LogP contribution in [0.5, 0.6) is 0 Å². The van der Waals surface area contributed by atoms with E-state index < -0.39 is 10.0 Å². The van der Waals surface area contributed by atoms with Gasteiger partial charge in [-0.15, -0.1) is 11.3 Å². The van der Waals surface area contributed by atoms with Crippen LogP contribution < -0.4 is 4.90 Å². The summed E-state index contributed by atoms with van der Waals surface area (Å²) in [6, 6.07) is 9.49. The van der Waals surface area contributed by atoms with Crippen LogP contribution in [0.3, 0.4) is 0 Å². The highest BCUT2D eigenvalue weighted by Gasteiger charge is 2.29. The van der Waals surface area contributed by atoms with Crippen molar-refractivity contribution in [2.75, 3.05) is 38.2 Å². The molecule has 0 bridgehead atoms. The first kappa shape index (κ1) is 22.5. The van der Waals surface area contributed by atoms with E-state index in [1.54, 1.807) is 28.8 Å². The Hall–Kier alpha value is -2.33. The molecule has 33 heavy (non-hydrogen) atoms. The van der Waals surface area contributed by atoms with E-state index in [-0.39, 0.29) is 0 Å². The van der Waals surface area contributed by atoms with Crippen molar-refractivity contribution in [3.05, 3.63) is 57.6 Å². The van der Waals surface area contributed by atoms with Crippen molar-refractivity contribution >= 4 is 43.5 Å². The number of ether oxygens (including phenoxy) is 1. The molecule has 0 spiro atoms. The summed E-state index contributed by atoms with van der Waals surface area (Å²) in [5, 5.41) is 2.47. The van der Waals surface area contributed by atoms with Gasteiger partial charge in [0.25, 0.3) is 0 Å². The van der Waals surface area contributed by atoms with Crippen molar-refractivity contribution in [3.63, 3.8) is 0 Å². The molecule has 0 radical (unpaired) electrons. The Morgan fingerprint density at radius 2 is 1.82 bits per heavy atom. The van der Waals surface area contributed by atoms with Crippen LogP contribution in [0.1, 0.15) is 34.7 Å². The van der Waals surface area contributed by atoms with E-state index in [2.05, 4.69) is 4.90 Å². The summed E-state index contributed by atoms with van der Waals surface area (Å²) in [7, 11) is -1.82. The number of hydrogen-bond acceptors (Lipinski definition) is 7. The van der Waals surface area contributed by atoms with E-state index in [4.69, 9.17) is 14.7 Å². The van der Waals surface area contributed by atoms with Crippen molar-refractivity contribution in [2.24, 2.45) is 0 Å². The van der Waals surface area contributed by atoms with Crippen LogP contribution in [0.2, 0.25) is 0 Å². The summed E-state index contributed by atoms with van der Waals surface area (Å²) < 4.78 is 32.6. The minimum Gasteiger partial charge on any atom is -0.377 e.